The number of anilines is 1. The number of nitrogens with zero attached hydrogens (tertiary/aromatic N) is 1. The number of ether oxygens (including phenoxy) is 1. The molecule has 6 nitrogen and oxygen atoms in total. The number of nitrogens with one attached hydrogen (secondary N) is 1. The highest BCUT2D eigenvalue weighted by molar-refractivity contribution is 7.92. The molecule has 0 heterocycles. The van der Waals surface area contributed by atoms with Gasteiger partial charge in [-0.3, -0.25) is 9.10 Å². The van der Waals surface area contributed by atoms with E-state index in [1.807, 2.05) is 6.92 Å². The molecular weight excluding hydrogens is 419 g/mol. The lowest BCUT2D eigenvalue weighted by Crippen LogP contribution is -2.42. The van der Waals surface area contributed by atoms with Crippen molar-refractivity contribution in [2.75, 3.05) is 24.0 Å². The smallest absolute Gasteiger partial charge is 0.264 e. The van der Waals surface area contributed by atoms with Crippen LogP contribution in [0.5, 0.6) is 5.75 Å². The summed E-state index contributed by atoms with van der Waals surface area (Å²) in [7, 11) is -4.04. The molecule has 1 aliphatic rings. The first kappa shape index (κ1) is 23.1. The van der Waals surface area contributed by atoms with Gasteiger partial charge in [0.25, 0.3) is 10.0 Å². The van der Waals surface area contributed by atoms with Crippen LogP contribution in [0.1, 0.15) is 39.0 Å². The zero-order valence-electron chi connectivity index (χ0n) is 17.7. The van der Waals surface area contributed by atoms with E-state index in [1.54, 1.807) is 12.1 Å². The van der Waals surface area contributed by atoms with Crippen LogP contribution in [0.15, 0.2) is 53.4 Å². The van der Waals surface area contributed by atoms with Crippen LogP contribution in [-0.2, 0) is 14.8 Å². The van der Waals surface area contributed by atoms with Crippen LogP contribution in [0.4, 0.5) is 10.1 Å². The van der Waals surface area contributed by atoms with Gasteiger partial charge in [-0.25, -0.2) is 12.8 Å². The van der Waals surface area contributed by atoms with Gasteiger partial charge in [-0.05, 0) is 74.2 Å². The molecule has 2 aromatic rings. The Labute approximate surface area is 183 Å². The van der Waals surface area contributed by atoms with Crippen LogP contribution in [0, 0.1) is 11.7 Å². The Morgan fingerprint density at radius 3 is 2.32 bits per heavy atom. The summed E-state index contributed by atoms with van der Waals surface area (Å²) in [6.45, 7) is 2.47. The molecule has 2 aromatic carbocycles. The highest BCUT2D eigenvalue weighted by Crippen LogP contribution is 2.26. The Bertz CT molecular complexity index is 956. The second-order valence-corrected chi connectivity index (χ2v) is 9.56. The zero-order chi connectivity index (χ0) is 22.3. The summed E-state index contributed by atoms with van der Waals surface area (Å²) in [5.41, 5.74) is 0.225. The molecule has 0 aromatic heterocycles. The predicted molar refractivity (Wildman–Crippen MR) is 118 cm³/mol. The molecule has 31 heavy (non-hydrogen) atoms. The van der Waals surface area contributed by atoms with E-state index in [0.29, 0.717) is 24.8 Å². The third-order valence-corrected chi connectivity index (χ3v) is 7.23. The van der Waals surface area contributed by atoms with Crippen molar-refractivity contribution in [3.63, 3.8) is 0 Å². The first-order valence-corrected chi connectivity index (χ1v) is 12.1. The summed E-state index contributed by atoms with van der Waals surface area (Å²) in [5, 5.41) is 2.87. The zero-order valence-corrected chi connectivity index (χ0v) is 18.5. The summed E-state index contributed by atoms with van der Waals surface area (Å²) < 4.78 is 46.5. The van der Waals surface area contributed by atoms with Crippen molar-refractivity contribution in [2.24, 2.45) is 5.92 Å². The third-order valence-electron chi connectivity index (χ3n) is 5.44. The number of hydrogen-bond donors (Lipinski definition) is 1. The molecule has 0 radical (unpaired) electrons. The van der Waals surface area contributed by atoms with Crippen molar-refractivity contribution >= 4 is 21.6 Å². The van der Waals surface area contributed by atoms with Gasteiger partial charge in [0, 0.05) is 6.54 Å². The van der Waals surface area contributed by atoms with Gasteiger partial charge in [0.15, 0.2) is 0 Å². The molecule has 0 unspecified atom stereocenters. The number of sulfonamides is 1. The summed E-state index contributed by atoms with van der Waals surface area (Å²) >= 11 is 0. The van der Waals surface area contributed by atoms with Crippen molar-refractivity contribution < 1.29 is 22.3 Å². The minimum absolute atomic E-state index is 0.0281. The van der Waals surface area contributed by atoms with E-state index in [4.69, 9.17) is 4.74 Å². The molecule has 0 bridgehead atoms. The standard InChI is InChI=1S/C23H29FN2O4S/c1-2-30-21-12-14-22(15-13-21)31(28,29)26(20-10-8-19(24)9-11-20)17-23(27)25-16-18-6-4-3-5-7-18/h8-15,18H,2-7,16-17H2,1H3,(H,25,27). The van der Waals surface area contributed by atoms with Gasteiger partial charge in [-0.15, -0.1) is 0 Å². The van der Waals surface area contributed by atoms with E-state index < -0.39 is 15.8 Å². The molecule has 1 N–H and O–H groups in total. The number of amides is 1. The van der Waals surface area contributed by atoms with Crippen molar-refractivity contribution in [1.29, 1.82) is 0 Å². The quantitative estimate of drug-likeness (QED) is 0.626. The minimum atomic E-state index is -4.04. The predicted octanol–water partition coefficient (Wildman–Crippen LogP) is 4.12. The molecular formula is C23H29FN2O4S. The molecule has 1 aliphatic carbocycles. The summed E-state index contributed by atoms with van der Waals surface area (Å²) in [6, 6.07) is 11.1. The Hall–Kier alpha value is -2.61. The van der Waals surface area contributed by atoms with Crippen molar-refractivity contribution in [3.05, 3.63) is 54.3 Å². The van der Waals surface area contributed by atoms with Crippen LogP contribution in [-0.4, -0.2) is 34.0 Å². The summed E-state index contributed by atoms with van der Waals surface area (Å²) in [6.07, 6.45) is 5.70. The van der Waals surface area contributed by atoms with Crippen molar-refractivity contribution in [3.8, 4) is 5.75 Å². The van der Waals surface area contributed by atoms with Crippen LogP contribution in [0.2, 0.25) is 0 Å². The van der Waals surface area contributed by atoms with Gasteiger partial charge >= 0.3 is 0 Å². The molecule has 0 saturated heterocycles. The second-order valence-electron chi connectivity index (χ2n) is 7.70. The molecule has 0 atom stereocenters. The Morgan fingerprint density at radius 1 is 1.06 bits per heavy atom. The van der Waals surface area contributed by atoms with Crippen molar-refractivity contribution in [2.45, 2.75) is 43.9 Å². The fraction of sp³-hybridized carbons (Fsp3) is 0.435. The van der Waals surface area contributed by atoms with Gasteiger partial charge in [0.1, 0.15) is 18.1 Å². The number of hydrogen-bond acceptors (Lipinski definition) is 4. The maximum atomic E-state index is 13.4. The fourth-order valence-corrected chi connectivity index (χ4v) is 5.18. The minimum Gasteiger partial charge on any atom is -0.494 e. The van der Waals surface area contributed by atoms with Gasteiger partial charge in [-0.2, -0.15) is 0 Å². The lowest BCUT2D eigenvalue weighted by molar-refractivity contribution is -0.119. The molecule has 1 saturated carbocycles. The topological polar surface area (TPSA) is 75.7 Å². The first-order chi connectivity index (χ1) is 14.9. The summed E-state index contributed by atoms with van der Waals surface area (Å²) in [5.74, 6) is 0.119. The summed E-state index contributed by atoms with van der Waals surface area (Å²) in [4.78, 5) is 12.7. The lowest BCUT2D eigenvalue weighted by Gasteiger charge is -2.25. The van der Waals surface area contributed by atoms with Crippen LogP contribution >= 0.6 is 0 Å². The van der Waals surface area contributed by atoms with Crippen LogP contribution < -0.4 is 14.4 Å². The number of rotatable bonds is 9. The third kappa shape index (κ3) is 6.19. The van der Waals surface area contributed by atoms with Gasteiger partial charge in [0.2, 0.25) is 5.91 Å². The van der Waals surface area contributed by atoms with E-state index in [0.717, 1.165) is 30.0 Å². The average molecular weight is 449 g/mol. The molecule has 3 rings (SSSR count). The van der Waals surface area contributed by atoms with E-state index in [2.05, 4.69) is 5.32 Å². The molecule has 1 amide bonds. The Kier molecular flexibility index (Phi) is 7.90. The van der Waals surface area contributed by atoms with E-state index in [9.17, 15) is 17.6 Å². The largest absolute Gasteiger partial charge is 0.494 e. The van der Waals surface area contributed by atoms with E-state index in [-0.39, 0.29) is 23.0 Å². The maximum Gasteiger partial charge on any atom is 0.264 e. The monoisotopic (exact) mass is 448 g/mol. The second kappa shape index (κ2) is 10.6. The van der Waals surface area contributed by atoms with Gasteiger partial charge in [-0.1, -0.05) is 19.3 Å². The number of halogens is 1. The van der Waals surface area contributed by atoms with Crippen molar-refractivity contribution in [1.82, 2.24) is 5.32 Å². The normalized spacial score (nSPS) is 14.8. The highest BCUT2D eigenvalue weighted by Gasteiger charge is 2.27. The number of carbonyl (C=O) groups excluding carboxylic acids is 1. The average Bonchev–Trinajstić information content (AvgIpc) is 2.78. The molecule has 8 heteroatoms. The Morgan fingerprint density at radius 2 is 1.71 bits per heavy atom. The van der Waals surface area contributed by atoms with E-state index in [1.165, 1.54) is 42.8 Å². The number of carbonyl (C=O) groups is 1. The van der Waals surface area contributed by atoms with Gasteiger partial charge in [0.05, 0.1) is 17.2 Å². The molecule has 1 fully saturated rings. The van der Waals surface area contributed by atoms with Crippen LogP contribution in [0.3, 0.4) is 0 Å². The number of benzene rings is 2. The first-order valence-electron chi connectivity index (χ1n) is 10.7. The maximum absolute atomic E-state index is 13.4. The van der Waals surface area contributed by atoms with E-state index >= 15 is 0 Å². The molecule has 168 valence electrons. The SMILES string of the molecule is CCOc1ccc(S(=O)(=O)N(CC(=O)NCC2CCCCC2)c2ccc(F)cc2)cc1. The van der Waals surface area contributed by atoms with Crippen LogP contribution in [0.25, 0.3) is 0 Å². The lowest BCUT2D eigenvalue weighted by atomic mass is 9.89. The molecule has 0 spiro atoms. The fourth-order valence-electron chi connectivity index (χ4n) is 3.76. The molecule has 0 aliphatic heterocycles. The Balaban J connectivity index is 1.79. The van der Waals surface area contributed by atoms with Gasteiger partial charge < -0.3 is 10.1 Å². The highest BCUT2D eigenvalue weighted by atomic mass is 32.2.